The molecule has 144 valence electrons. The molecule has 0 aromatic rings. The van der Waals surface area contributed by atoms with Crippen molar-refractivity contribution in [1.29, 1.82) is 0 Å². The van der Waals surface area contributed by atoms with E-state index in [1.165, 1.54) is 0 Å². The minimum atomic E-state index is -4.21. The fourth-order valence-corrected chi connectivity index (χ4v) is 1.46. The SMILES string of the molecule is CCCCCCOS(=O)(=O)O.CCOCC.OCCOCCO. The first-order valence-corrected chi connectivity index (χ1v) is 9.24. The summed E-state index contributed by atoms with van der Waals surface area (Å²) in [4.78, 5) is 0. The Balaban J connectivity index is -0.000000286. The summed E-state index contributed by atoms with van der Waals surface area (Å²) < 4.78 is 41.7. The number of ether oxygens (including phenoxy) is 2. The summed E-state index contributed by atoms with van der Waals surface area (Å²) in [6, 6.07) is 0. The zero-order valence-corrected chi connectivity index (χ0v) is 15.4. The average Bonchev–Trinajstić information content (AvgIpc) is 2.49. The molecular weight excluding hydrogens is 328 g/mol. The van der Waals surface area contributed by atoms with E-state index in [0.29, 0.717) is 19.6 Å². The van der Waals surface area contributed by atoms with Crippen molar-refractivity contribution in [3.63, 3.8) is 0 Å². The van der Waals surface area contributed by atoms with Gasteiger partial charge in [0.25, 0.3) is 0 Å². The van der Waals surface area contributed by atoms with Crippen LogP contribution in [0.15, 0.2) is 0 Å². The normalized spacial score (nSPS) is 10.3. The van der Waals surface area contributed by atoms with Crippen molar-refractivity contribution in [1.82, 2.24) is 0 Å². The van der Waals surface area contributed by atoms with Gasteiger partial charge in [0.1, 0.15) is 0 Å². The Morgan fingerprint density at radius 3 is 1.61 bits per heavy atom. The van der Waals surface area contributed by atoms with E-state index in [2.05, 4.69) is 15.8 Å². The van der Waals surface area contributed by atoms with E-state index in [1.54, 1.807) is 0 Å². The highest BCUT2D eigenvalue weighted by Gasteiger charge is 2.01. The molecule has 0 heterocycles. The van der Waals surface area contributed by atoms with Crippen LogP contribution in [0.25, 0.3) is 0 Å². The van der Waals surface area contributed by atoms with Gasteiger partial charge >= 0.3 is 10.4 Å². The summed E-state index contributed by atoms with van der Waals surface area (Å²) in [5.74, 6) is 0. The van der Waals surface area contributed by atoms with Gasteiger partial charge in [0, 0.05) is 13.2 Å². The first-order valence-electron chi connectivity index (χ1n) is 7.88. The smallest absolute Gasteiger partial charge is 0.394 e. The van der Waals surface area contributed by atoms with Crippen molar-refractivity contribution < 1.29 is 36.8 Å². The van der Waals surface area contributed by atoms with Crippen LogP contribution in [-0.2, 0) is 24.1 Å². The van der Waals surface area contributed by atoms with Crippen LogP contribution >= 0.6 is 0 Å². The van der Waals surface area contributed by atoms with Gasteiger partial charge < -0.3 is 19.7 Å². The Morgan fingerprint density at radius 1 is 0.783 bits per heavy atom. The van der Waals surface area contributed by atoms with Crippen LogP contribution in [-0.4, -0.2) is 69.4 Å². The molecule has 0 aromatic heterocycles. The lowest BCUT2D eigenvalue weighted by Gasteiger charge is -1.98. The average molecular weight is 362 g/mol. The summed E-state index contributed by atoms with van der Waals surface area (Å²) in [5, 5.41) is 16.2. The lowest BCUT2D eigenvalue weighted by Crippen LogP contribution is -2.04. The van der Waals surface area contributed by atoms with Crippen molar-refractivity contribution in [3.05, 3.63) is 0 Å². The number of aliphatic hydroxyl groups excluding tert-OH is 2. The van der Waals surface area contributed by atoms with E-state index >= 15 is 0 Å². The third kappa shape index (κ3) is 44.9. The molecule has 0 aliphatic carbocycles. The Hall–Kier alpha value is -0.290. The Labute approximate surface area is 140 Å². The molecular formula is C14H34O8S. The zero-order valence-electron chi connectivity index (χ0n) is 14.6. The van der Waals surface area contributed by atoms with E-state index in [9.17, 15) is 8.42 Å². The van der Waals surface area contributed by atoms with Gasteiger partial charge in [0.05, 0.1) is 33.0 Å². The summed E-state index contributed by atoms with van der Waals surface area (Å²) in [6.45, 7) is 8.50. The number of rotatable bonds is 12. The number of hydrogen-bond acceptors (Lipinski definition) is 7. The summed E-state index contributed by atoms with van der Waals surface area (Å²) >= 11 is 0. The third-order valence-electron chi connectivity index (χ3n) is 2.11. The van der Waals surface area contributed by atoms with Gasteiger partial charge in [-0.25, -0.2) is 4.18 Å². The highest BCUT2D eigenvalue weighted by atomic mass is 32.3. The minimum Gasteiger partial charge on any atom is -0.394 e. The topological polar surface area (TPSA) is 123 Å². The number of hydrogen-bond donors (Lipinski definition) is 3. The van der Waals surface area contributed by atoms with Crippen LogP contribution in [0.2, 0.25) is 0 Å². The van der Waals surface area contributed by atoms with Gasteiger partial charge in [0.15, 0.2) is 0 Å². The maximum atomic E-state index is 10.00. The number of aliphatic hydroxyl groups is 2. The van der Waals surface area contributed by atoms with E-state index in [0.717, 1.165) is 32.5 Å². The van der Waals surface area contributed by atoms with Gasteiger partial charge in [-0.05, 0) is 20.3 Å². The van der Waals surface area contributed by atoms with Gasteiger partial charge in [-0.1, -0.05) is 26.2 Å². The van der Waals surface area contributed by atoms with Gasteiger partial charge in [0.2, 0.25) is 0 Å². The van der Waals surface area contributed by atoms with Gasteiger partial charge in [-0.3, -0.25) is 4.55 Å². The maximum Gasteiger partial charge on any atom is 0.397 e. The molecule has 8 nitrogen and oxygen atoms in total. The fourth-order valence-electron chi connectivity index (χ4n) is 1.13. The summed E-state index contributed by atoms with van der Waals surface area (Å²) in [7, 11) is -4.21. The Kier molecular flexibility index (Phi) is 28.7. The molecule has 0 saturated heterocycles. The molecule has 0 amide bonds. The summed E-state index contributed by atoms with van der Waals surface area (Å²) in [6.07, 6.45) is 3.76. The third-order valence-corrected chi connectivity index (χ3v) is 2.57. The predicted octanol–water partition coefficient (Wildman–Crippen LogP) is 1.42. The number of unbranched alkanes of at least 4 members (excludes halogenated alkanes) is 3. The summed E-state index contributed by atoms with van der Waals surface area (Å²) in [5.41, 5.74) is 0. The van der Waals surface area contributed by atoms with E-state index < -0.39 is 10.4 Å². The largest absolute Gasteiger partial charge is 0.397 e. The first-order chi connectivity index (χ1) is 10.9. The highest BCUT2D eigenvalue weighted by Crippen LogP contribution is 1.99. The van der Waals surface area contributed by atoms with Crippen LogP contribution in [0.5, 0.6) is 0 Å². The second kappa shape index (κ2) is 24.0. The van der Waals surface area contributed by atoms with Crippen molar-refractivity contribution >= 4 is 10.4 Å². The van der Waals surface area contributed by atoms with Crippen LogP contribution in [0.4, 0.5) is 0 Å². The molecule has 0 aliphatic rings. The quantitative estimate of drug-likeness (QED) is 0.352. The monoisotopic (exact) mass is 362 g/mol. The molecule has 3 N–H and O–H groups in total. The molecule has 0 fully saturated rings. The van der Waals surface area contributed by atoms with Crippen molar-refractivity contribution in [2.45, 2.75) is 46.5 Å². The first kappa shape index (κ1) is 27.6. The minimum absolute atomic E-state index is 0.0278. The van der Waals surface area contributed by atoms with E-state index in [4.69, 9.17) is 19.5 Å². The van der Waals surface area contributed by atoms with Crippen LogP contribution < -0.4 is 0 Å². The molecule has 0 atom stereocenters. The predicted molar refractivity (Wildman–Crippen MR) is 88.8 cm³/mol. The lowest BCUT2D eigenvalue weighted by molar-refractivity contribution is 0.0650. The molecule has 0 aliphatic heterocycles. The lowest BCUT2D eigenvalue weighted by atomic mass is 10.2. The standard InChI is InChI=1S/C6H14O4S.C4H10O3.C4H10O/c1-2-3-4-5-6-10-11(7,8)9;5-1-3-7-4-2-6;1-3-5-4-2/h2-6H2,1H3,(H,7,8,9);5-6H,1-4H2;3-4H2,1-2H3. The van der Waals surface area contributed by atoms with Gasteiger partial charge in [-0.2, -0.15) is 8.42 Å². The molecule has 0 aromatic carbocycles. The second-order valence-corrected chi connectivity index (χ2v) is 5.24. The molecule has 0 bridgehead atoms. The second-order valence-electron chi connectivity index (χ2n) is 4.15. The molecule has 0 rings (SSSR count). The maximum absolute atomic E-state index is 10.00. The van der Waals surface area contributed by atoms with E-state index in [1.807, 2.05) is 13.8 Å². The molecule has 0 radical (unpaired) electrons. The van der Waals surface area contributed by atoms with Crippen molar-refractivity contribution in [2.75, 3.05) is 46.2 Å². The van der Waals surface area contributed by atoms with Crippen LogP contribution in [0, 0.1) is 0 Å². The zero-order chi connectivity index (χ0) is 18.4. The fraction of sp³-hybridized carbons (Fsp3) is 1.00. The highest BCUT2D eigenvalue weighted by molar-refractivity contribution is 7.80. The molecule has 9 heteroatoms. The van der Waals surface area contributed by atoms with Crippen molar-refractivity contribution in [2.24, 2.45) is 0 Å². The molecule has 0 unspecified atom stereocenters. The van der Waals surface area contributed by atoms with Crippen LogP contribution in [0.1, 0.15) is 46.5 Å². The Bertz CT molecular complexity index is 277. The molecule has 0 saturated carbocycles. The Morgan fingerprint density at radius 2 is 1.30 bits per heavy atom. The molecule has 0 spiro atoms. The van der Waals surface area contributed by atoms with E-state index in [-0.39, 0.29) is 19.8 Å². The van der Waals surface area contributed by atoms with Crippen molar-refractivity contribution in [3.8, 4) is 0 Å². The molecule has 23 heavy (non-hydrogen) atoms. The van der Waals surface area contributed by atoms with Crippen LogP contribution in [0.3, 0.4) is 0 Å². The van der Waals surface area contributed by atoms with Gasteiger partial charge in [-0.15, -0.1) is 0 Å².